The number of ether oxygens (including phenoxy) is 2. The van der Waals surface area contributed by atoms with Gasteiger partial charge < -0.3 is 24.6 Å². The number of fused-ring (bicyclic) bond motifs is 1. The van der Waals surface area contributed by atoms with Gasteiger partial charge in [-0.2, -0.15) is 0 Å². The molecule has 1 aromatic rings. The van der Waals surface area contributed by atoms with E-state index in [0.29, 0.717) is 31.7 Å². The van der Waals surface area contributed by atoms with Crippen LogP contribution < -0.4 is 0 Å². The van der Waals surface area contributed by atoms with Crippen LogP contribution in [-0.4, -0.2) is 76.5 Å². The van der Waals surface area contributed by atoms with Crippen LogP contribution in [0.15, 0.2) is 12.1 Å². The molecule has 2 aliphatic rings. The van der Waals surface area contributed by atoms with Crippen LogP contribution in [0.3, 0.4) is 0 Å². The number of hydrogen-bond acceptors (Lipinski definition) is 7. The van der Waals surface area contributed by atoms with E-state index in [1.54, 1.807) is 17.0 Å². The third-order valence-electron chi connectivity index (χ3n) is 5.44. The second-order valence-electron chi connectivity index (χ2n) is 8.66. The lowest BCUT2D eigenvalue weighted by atomic mass is 9.95. The normalized spacial score (nSPS) is 21.0. The number of aliphatic hydroxyl groups excluding tert-OH is 2. The van der Waals surface area contributed by atoms with Gasteiger partial charge in [0.05, 0.1) is 24.3 Å². The predicted molar refractivity (Wildman–Crippen MR) is 106 cm³/mol. The summed E-state index contributed by atoms with van der Waals surface area (Å²) in [5, 5.41) is 20.7. The molecule has 3 rings (SSSR count). The first-order chi connectivity index (χ1) is 13.6. The van der Waals surface area contributed by atoms with Gasteiger partial charge in [0.25, 0.3) is 0 Å². The van der Waals surface area contributed by atoms with Gasteiger partial charge in [-0.1, -0.05) is 6.07 Å². The molecule has 1 fully saturated rings. The lowest BCUT2D eigenvalue weighted by Gasteiger charge is -2.41. The molecule has 0 saturated carbocycles. The van der Waals surface area contributed by atoms with Crippen molar-refractivity contribution in [1.82, 2.24) is 9.80 Å². The molecule has 0 bridgehead atoms. The van der Waals surface area contributed by atoms with Crippen LogP contribution in [0.2, 0.25) is 0 Å². The fourth-order valence-electron chi connectivity index (χ4n) is 3.85. The minimum absolute atomic E-state index is 0.127. The van der Waals surface area contributed by atoms with Crippen molar-refractivity contribution in [2.75, 3.05) is 32.8 Å². The highest BCUT2D eigenvalue weighted by Crippen LogP contribution is 2.30. The molecule has 0 radical (unpaired) electrons. The fourth-order valence-corrected chi connectivity index (χ4v) is 3.85. The number of rotatable bonds is 4. The van der Waals surface area contributed by atoms with Crippen molar-refractivity contribution < 1.29 is 29.3 Å². The number of aliphatic hydroxyl groups is 2. The monoisotopic (exact) mass is 406 g/mol. The molecule has 1 aromatic carbocycles. The van der Waals surface area contributed by atoms with Crippen LogP contribution in [0.5, 0.6) is 0 Å². The summed E-state index contributed by atoms with van der Waals surface area (Å²) in [7, 11) is 0. The van der Waals surface area contributed by atoms with Crippen molar-refractivity contribution in [3.63, 3.8) is 0 Å². The third-order valence-corrected chi connectivity index (χ3v) is 5.44. The van der Waals surface area contributed by atoms with Gasteiger partial charge in [0.2, 0.25) is 0 Å². The Hall–Kier alpha value is -2.16. The number of carbonyl (C=O) groups excluding carboxylic acids is 2. The Bertz CT molecular complexity index is 788. The quantitative estimate of drug-likeness (QED) is 0.733. The molecule has 0 aliphatic carbocycles. The summed E-state index contributed by atoms with van der Waals surface area (Å²) in [6, 6.07) is 3.17. The maximum absolute atomic E-state index is 12.3. The molecule has 8 nitrogen and oxygen atoms in total. The van der Waals surface area contributed by atoms with E-state index < -0.39 is 17.8 Å². The van der Waals surface area contributed by atoms with Gasteiger partial charge >= 0.3 is 12.1 Å². The second kappa shape index (κ2) is 8.30. The van der Waals surface area contributed by atoms with E-state index in [-0.39, 0.29) is 25.2 Å². The number of hydrogen-bond donors (Lipinski definition) is 2. The highest BCUT2D eigenvalue weighted by atomic mass is 16.6. The summed E-state index contributed by atoms with van der Waals surface area (Å²) in [6.45, 7) is 9.08. The van der Waals surface area contributed by atoms with Crippen molar-refractivity contribution in [3.05, 3.63) is 34.4 Å². The summed E-state index contributed by atoms with van der Waals surface area (Å²) in [6.07, 6.45) is -1.17. The smallest absolute Gasteiger partial charge is 0.410 e. The van der Waals surface area contributed by atoms with E-state index >= 15 is 0 Å². The Morgan fingerprint density at radius 3 is 2.72 bits per heavy atom. The van der Waals surface area contributed by atoms with Crippen LogP contribution in [0.25, 0.3) is 0 Å². The van der Waals surface area contributed by atoms with Crippen molar-refractivity contribution in [2.24, 2.45) is 0 Å². The maximum atomic E-state index is 12.3. The van der Waals surface area contributed by atoms with Gasteiger partial charge in [-0.3, -0.25) is 4.90 Å². The molecular weight excluding hydrogens is 376 g/mol. The van der Waals surface area contributed by atoms with Crippen LogP contribution in [0, 0.1) is 6.92 Å². The van der Waals surface area contributed by atoms with Gasteiger partial charge in [-0.05, 0) is 44.9 Å². The van der Waals surface area contributed by atoms with Crippen LogP contribution >= 0.6 is 0 Å². The minimum atomic E-state index is -0.780. The number of amides is 1. The number of carbonyl (C=O) groups is 2. The number of esters is 1. The molecule has 0 aromatic heterocycles. The van der Waals surface area contributed by atoms with Gasteiger partial charge in [-0.25, -0.2) is 9.59 Å². The second-order valence-corrected chi connectivity index (χ2v) is 8.66. The van der Waals surface area contributed by atoms with Crippen LogP contribution in [0.4, 0.5) is 4.79 Å². The molecule has 1 unspecified atom stereocenters. The van der Waals surface area contributed by atoms with E-state index in [0.717, 1.165) is 16.7 Å². The molecule has 2 heterocycles. The minimum Gasteiger partial charge on any atom is -0.457 e. The largest absolute Gasteiger partial charge is 0.457 e. The Morgan fingerprint density at radius 1 is 1.34 bits per heavy atom. The molecular formula is C21H30N2O6. The molecule has 2 N–H and O–H groups in total. The number of piperazine rings is 1. The van der Waals surface area contributed by atoms with Gasteiger partial charge in [0, 0.05) is 31.7 Å². The van der Waals surface area contributed by atoms with Crippen molar-refractivity contribution in [1.29, 1.82) is 0 Å². The first-order valence-electron chi connectivity index (χ1n) is 9.91. The first-order valence-corrected chi connectivity index (χ1v) is 9.91. The zero-order chi connectivity index (χ0) is 21.3. The highest BCUT2D eigenvalue weighted by molar-refractivity contribution is 5.93. The van der Waals surface area contributed by atoms with E-state index in [2.05, 4.69) is 0 Å². The van der Waals surface area contributed by atoms with E-state index in [4.69, 9.17) is 9.47 Å². The SMILES string of the molecule is Cc1c([C@H](O)CN2CCN(C(=O)OC(C)(C)C)CC2CO)ccc2c1COC2=O. The molecule has 1 saturated heterocycles. The molecule has 2 aliphatic heterocycles. The summed E-state index contributed by atoms with van der Waals surface area (Å²) in [5.74, 6) is -0.331. The lowest BCUT2D eigenvalue weighted by Crippen LogP contribution is -2.57. The summed E-state index contributed by atoms with van der Waals surface area (Å²) >= 11 is 0. The fraction of sp³-hybridized carbons (Fsp3) is 0.619. The van der Waals surface area contributed by atoms with Gasteiger partial charge in [0.15, 0.2) is 0 Å². The molecule has 8 heteroatoms. The predicted octanol–water partition coefficient (Wildman–Crippen LogP) is 1.61. The molecule has 29 heavy (non-hydrogen) atoms. The molecule has 1 amide bonds. The summed E-state index contributed by atoms with van der Waals surface area (Å²) in [5.41, 5.74) is 2.40. The van der Waals surface area contributed by atoms with E-state index in [1.807, 2.05) is 32.6 Å². The maximum Gasteiger partial charge on any atom is 0.410 e. The zero-order valence-corrected chi connectivity index (χ0v) is 17.5. The average molecular weight is 406 g/mol. The standard InChI is InChI=1S/C21H30N2O6/c1-13-15(5-6-16-17(13)12-28-19(16)26)18(25)10-22-7-8-23(9-14(22)11-24)20(27)29-21(2,3)4/h5-6,14,18,24-25H,7-12H2,1-4H3/t14?,18-/m1/s1. The summed E-state index contributed by atoms with van der Waals surface area (Å²) in [4.78, 5) is 27.6. The Balaban J connectivity index is 1.66. The summed E-state index contributed by atoms with van der Waals surface area (Å²) < 4.78 is 10.5. The van der Waals surface area contributed by atoms with E-state index in [1.165, 1.54) is 0 Å². The number of β-amino-alcohol motifs (C(OH)–C–C–N with tert-alkyl or cyclic N) is 1. The molecule has 2 atom stereocenters. The van der Waals surface area contributed by atoms with Crippen molar-refractivity contribution >= 4 is 12.1 Å². The Labute approximate surface area is 171 Å². The molecule has 0 spiro atoms. The third kappa shape index (κ3) is 4.71. The Morgan fingerprint density at radius 2 is 2.07 bits per heavy atom. The number of cyclic esters (lactones) is 1. The first kappa shape index (κ1) is 21.5. The van der Waals surface area contributed by atoms with Crippen LogP contribution in [-0.2, 0) is 16.1 Å². The zero-order valence-electron chi connectivity index (χ0n) is 17.5. The highest BCUT2D eigenvalue weighted by Gasteiger charge is 2.33. The van der Waals surface area contributed by atoms with Gasteiger partial charge in [-0.15, -0.1) is 0 Å². The van der Waals surface area contributed by atoms with Gasteiger partial charge in [0.1, 0.15) is 12.2 Å². The topological polar surface area (TPSA) is 99.5 Å². The van der Waals surface area contributed by atoms with E-state index in [9.17, 15) is 19.8 Å². The lowest BCUT2D eigenvalue weighted by molar-refractivity contribution is -0.0148. The molecule has 160 valence electrons. The Kier molecular flexibility index (Phi) is 6.16. The van der Waals surface area contributed by atoms with Crippen molar-refractivity contribution in [2.45, 2.75) is 52.0 Å². The van der Waals surface area contributed by atoms with Crippen LogP contribution in [0.1, 0.15) is 53.9 Å². The average Bonchev–Trinajstić information content (AvgIpc) is 3.02. The number of nitrogens with zero attached hydrogens (tertiary/aromatic N) is 2. The number of benzene rings is 1. The van der Waals surface area contributed by atoms with Crippen molar-refractivity contribution in [3.8, 4) is 0 Å².